The highest BCUT2D eigenvalue weighted by molar-refractivity contribution is 5.97. The molecule has 0 saturated heterocycles. The molecule has 1 saturated carbocycles. The fraction of sp³-hybridized carbons (Fsp3) is 0.552. The number of amides is 1. The van der Waals surface area contributed by atoms with E-state index in [9.17, 15) is 9.90 Å². The van der Waals surface area contributed by atoms with E-state index in [4.69, 9.17) is 9.72 Å². The van der Waals surface area contributed by atoms with Crippen molar-refractivity contribution >= 4 is 23.2 Å². The predicted octanol–water partition coefficient (Wildman–Crippen LogP) is 4.64. The highest BCUT2D eigenvalue weighted by atomic mass is 16.5. The van der Waals surface area contributed by atoms with Crippen LogP contribution in [0.1, 0.15) is 70.3 Å². The van der Waals surface area contributed by atoms with Crippen LogP contribution in [0.5, 0.6) is 0 Å². The first-order valence-electron chi connectivity index (χ1n) is 13.4. The molecule has 2 heterocycles. The predicted molar refractivity (Wildman–Crippen MR) is 152 cm³/mol. The average molecular weight is 523 g/mol. The zero-order chi connectivity index (χ0) is 27.8. The largest absolute Gasteiger partial charge is 0.388 e. The van der Waals surface area contributed by atoms with Crippen molar-refractivity contribution in [2.45, 2.75) is 84.6 Å². The van der Waals surface area contributed by atoms with Crippen LogP contribution in [0.2, 0.25) is 0 Å². The summed E-state index contributed by atoms with van der Waals surface area (Å²) >= 11 is 0. The van der Waals surface area contributed by atoms with Crippen molar-refractivity contribution in [1.29, 1.82) is 0 Å². The molecular weight excluding hydrogens is 480 g/mol. The van der Waals surface area contributed by atoms with Gasteiger partial charge in [-0.3, -0.25) is 4.79 Å². The van der Waals surface area contributed by atoms with Gasteiger partial charge in [0.2, 0.25) is 0 Å². The Morgan fingerprint density at radius 2 is 1.92 bits per heavy atom. The molecule has 4 rings (SSSR count). The van der Waals surface area contributed by atoms with Crippen molar-refractivity contribution in [3.63, 3.8) is 0 Å². The maximum Gasteiger partial charge on any atom is 0.251 e. The molecule has 9 heteroatoms. The van der Waals surface area contributed by atoms with Crippen LogP contribution in [0.25, 0.3) is 16.8 Å². The van der Waals surface area contributed by atoms with E-state index >= 15 is 0 Å². The molecule has 2 aromatic heterocycles. The van der Waals surface area contributed by atoms with Crippen LogP contribution in [0.15, 0.2) is 30.5 Å². The number of anilines is 2. The van der Waals surface area contributed by atoms with Gasteiger partial charge in [-0.2, -0.15) is 9.61 Å². The molecule has 0 spiro atoms. The van der Waals surface area contributed by atoms with Crippen LogP contribution < -0.4 is 16.0 Å². The molecule has 1 unspecified atom stereocenters. The second-order valence-electron chi connectivity index (χ2n) is 11.9. The van der Waals surface area contributed by atoms with Crippen LogP contribution in [0.3, 0.4) is 0 Å². The number of carbonyl (C=O) groups excluding carboxylic acids is 1. The normalized spacial score (nSPS) is 15.1. The Balaban J connectivity index is 1.75. The fourth-order valence-corrected chi connectivity index (χ4v) is 4.64. The Morgan fingerprint density at radius 1 is 1.21 bits per heavy atom. The molecule has 1 atom stereocenters. The number of benzene rings is 1. The van der Waals surface area contributed by atoms with Crippen LogP contribution in [0, 0.1) is 12.8 Å². The summed E-state index contributed by atoms with van der Waals surface area (Å²) in [5.74, 6) is 1.53. The summed E-state index contributed by atoms with van der Waals surface area (Å²) in [4.78, 5) is 17.6. The highest BCUT2D eigenvalue weighted by Crippen LogP contribution is 2.30. The first-order chi connectivity index (χ1) is 17.8. The van der Waals surface area contributed by atoms with E-state index in [0.717, 1.165) is 35.3 Å². The molecule has 4 N–H and O–H groups in total. The molecule has 38 heavy (non-hydrogen) atoms. The first kappa shape index (κ1) is 27.9. The van der Waals surface area contributed by atoms with Crippen molar-refractivity contribution in [2.75, 3.05) is 24.3 Å². The molecule has 0 radical (unpaired) electrons. The van der Waals surface area contributed by atoms with Crippen LogP contribution in [0.4, 0.5) is 11.6 Å². The van der Waals surface area contributed by atoms with Crippen molar-refractivity contribution in [3.05, 3.63) is 41.6 Å². The number of nitrogens with zero attached hydrogens (tertiary/aromatic N) is 3. The van der Waals surface area contributed by atoms with E-state index in [1.165, 1.54) is 0 Å². The monoisotopic (exact) mass is 522 g/mol. The lowest BCUT2D eigenvalue weighted by Crippen LogP contribution is -2.45. The zero-order valence-electron chi connectivity index (χ0n) is 23.8. The third-order valence-corrected chi connectivity index (χ3v) is 7.15. The van der Waals surface area contributed by atoms with E-state index in [1.54, 1.807) is 31.7 Å². The highest BCUT2D eigenvalue weighted by Gasteiger charge is 2.30. The van der Waals surface area contributed by atoms with Gasteiger partial charge in [-0.1, -0.05) is 26.0 Å². The summed E-state index contributed by atoms with van der Waals surface area (Å²) in [6.45, 7) is 14.3. The van der Waals surface area contributed by atoms with Crippen molar-refractivity contribution in [2.24, 2.45) is 5.92 Å². The lowest BCUT2D eigenvalue weighted by Gasteiger charge is -2.34. The molecule has 206 valence electrons. The van der Waals surface area contributed by atoms with Gasteiger partial charge in [0, 0.05) is 36.9 Å². The Labute approximate surface area is 225 Å². The molecule has 3 aromatic rings. The number of aliphatic hydroxyl groups is 1. The summed E-state index contributed by atoms with van der Waals surface area (Å²) < 4.78 is 7.38. The number of hydrogen-bond acceptors (Lipinski definition) is 7. The smallest absolute Gasteiger partial charge is 0.251 e. The number of nitrogens with one attached hydrogen (secondary N) is 3. The molecule has 9 nitrogen and oxygen atoms in total. The molecule has 1 aliphatic rings. The number of aromatic nitrogens is 3. The summed E-state index contributed by atoms with van der Waals surface area (Å²) in [5, 5.41) is 25.5. The summed E-state index contributed by atoms with van der Waals surface area (Å²) in [6.07, 6.45) is 3.90. The molecule has 1 aromatic carbocycles. The van der Waals surface area contributed by atoms with Gasteiger partial charge in [0.05, 0.1) is 23.4 Å². The fourth-order valence-electron chi connectivity index (χ4n) is 4.64. The lowest BCUT2D eigenvalue weighted by molar-refractivity contribution is 0.0343. The summed E-state index contributed by atoms with van der Waals surface area (Å²) in [5.41, 5.74) is 2.68. The molecule has 0 bridgehead atoms. The average Bonchev–Trinajstić information content (AvgIpc) is 3.55. The van der Waals surface area contributed by atoms with Crippen LogP contribution >= 0.6 is 0 Å². The van der Waals surface area contributed by atoms with Gasteiger partial charge in [-0.15, -0.1) is 0 Å². The Kier molecular flexibility index (Phi) is 7.72. The standard InChI is InChI=1S/C29H42N6O3/c1-17(2)25(29(6,7)37)33-23-14-24(30-16-28(4,5)38-8)35-26(34-23)22(15-31-35)19-9-12-21(18(3)13-19)27(36)32-20-10-11-20/h9,12-15,17,20,25,30,37H,10-11,16H2,1-8H3,(H,32,36)(H,33,34). The zero-order valence-corrected chi connectivity index (χ0v) is 23.8. The number of ether oxygens (including phenoxy) is 1. The van der Waals surface area contributed by atoms with E-state index < -0.39 is 5.60 Å². The minimum atomic E-state index is -0.954. The van der Waals surface area contributed by atoms with Crippen molar-refractivity contribution in [3.8, 4) is 11.1 Å². The van der Waals surface area contributed by atoms with Gasteiger partial charge in [0.1, 0.15) is 11.6 Å². The van der Waals surface area contributed by atoms with Gasteiger partial charge >= 0.3 is 0 Å². The van der Waals surface area contributed by atoms with Crippen molar-refractivity contribution < 1.29 is 14.6 Å². The van der Waals surface area contributed by atoms with Crippen LogP contribution in [-0.4, -0.2) is 62.6 Å². The van der Waals surface area contributed by atoms with Gasteiger partial charge < -0.3 is 25.8 Å². The Morgan fingerprint density at radius 3 is 2.50 bits per heavy atom. The third-order valence-electron chi connectivity index (χ3n) is 7.15. The molecule has 1 fully saturated rings. The number of methoxy groups -OCH3 is 1. The number of carbonyl (C=O) groups is 1. The second kappa shape index (κ2) is 10.5. The second-order valence-corrected chi connectivity index (χ2v) is 11.9. The molecule has 1 amide bonds. The Hall–Kier alpha value is -3.17. The number of fused-ring (bicyclic) bond motifs is 1. The van der Waals surface area contributed by atoms with Gasteiger partial charge in [0.25, 0.3) is 5.91 Å². The summed E-state index contributed by atoms with van der Waals surface area (Å²) in [6, 6.07) is 7.82. The number of aryl methyl sites for hydroxylation is 1. The molecule has 0 aliphatic heterocycles. The van der Waals surface area contributed by atoms with Crippen molar-refractivity contribution in [1.82, 2.24) is 19.9 Å². The van der Waals surface area contributed by atoms with Gasteiger partial charge in [0.15, 0.2) is 5.65 Å². The van der Waals surface area contributed by atoms with E-state index in [0.29, 0.717) is 29.6 Å². The van der Waals surface area contributed by atoms with E-state index in [1.807, 2.05) is 45.0 Å². The summed E-state index contributed by atoms with van der Waals surface area (Å²) in [7, 11) is 1.69. The maximum atomic E-state index is 12.6. The maximum absolute atomic E-state index is 12.6. The van der Waals surface area contributed by atoms with Crippen LogP contribution in [-0.2, 0) is 4.74 Å². The van der Waals surface area contributed by atoms with Gasteiger partial charge in [-0.05, 0) is 70.6 Å². The Bertz CT molecular complexity index is 1300. The topological polar surface area (TPSA) is 113 Å². The minimum absolute atomic E-state index is 0.0281. The SMILES string of the molecule is COC(C)(C)CNc1cc(NC(C(C)C)C(C)(C)O)nc2c(-c3ccc(C(=O)NC4CC4)c(C)c3)cnn12. The molecular formula is C29H42N6O3. The molecule has 1 aliphatic carbocycles. The third kappa shape index (κ3) is 6.27. The number of hydrogen-bond donors (Lipinski definition) is 4. The van der Waals surface area contributed by atoms with Gasteiger partial charge in [-0.25, -0.2) is 4.98 Å². The minimum Gasteiger partial charge on any atom is -0.388 e. The first-order valence-corrected chi connectivity index (χ1v) is 13.4. The quantitative estimate of drug-likeness (QED) is 0.290. The lowest BCUT2D eigenvalue weighted by atomic mass is 9.89. The van der Waals surface area contributed by atoms with E-state index in [-0.39, 0.29) is 23.5 Å². The van der Waals surface area contributed by atoms with E-state index in [2.05, 4.69) is 34.9 Å². The number of rotatable bonds is 11.